The Hall–Kier alpha value is -2.10. The molecule has 0 unspecified atom stereocenters. The molecule has 1 aromatic carbocycles. The van der Waals surface area contributed by atoms with E-state index in [1.54, 1.807) is 25.1 Å². The maximum Gasteiger partial charge on any atom is 0.310 e. The van der Waals surface area contributed by atoms with Gasteiger partial charge in [0.1, 0.15) is 6.07 Å². The number of nitriles is 1. The van der Waals surface area contributed by atoms with E-state index in [1.807, 2.05) is 11.0 Å². The van der Waals surface area contributed by atoms with Crippen molar-refractivity contribution >= 4 is 29.2 Å². The Labute approximate surface area is 146 Å². The fourth-order valence-electron chi connectivity index (χ4n) is 2.74. The Kier molecular flexibility index (Phi) is 6.59. The van der Waals surface area contributed by atoms with Crippen LogP contribution in [0.4, 0.5) is 5.69 Å². The molecular weight excluding hydrogens is 330 g/mol. The monoisotopic (exact) mass is 349 g/mol. The molecule has 0 spiro atoms. The van der Waals surface area contributed by atoms with Gasteiger partial charge in [0, 0.05) is 12.2 Å². The average molecular weight is 350 g/mol. The SMILES string of the molecule is CCOC(=O)[C@@H]1CCCN(CC(=O)Nc2ccc(C#N)c(Cl)c2)C1. The lowest BCUT2D eigenvalue weighted by molar-refractivity contribution is -0.150. The summed E-state index contributed by atoms with van der Waals surface area (Å²) in [5.74, 6) is -0.544. The van der Waals surface area contributed by atoms with Crippen molar-refractivity contribution in [2.24, 2.45) is 5.92 Å². The van der Waals surface area contributed by atoms with Gasteiger partial charge in [-0.1, -0.05) is 11.6 Å². The van der Waals surface area contributed by atoms with Crippen LogP contribution < -0.4 is 5.32 Å². The lowest BCUT2D eigenvalue weighted by Crippen LogP contribution is -2.43. The minimum absolute atomic E-state index is 0.171. The lowest BCUT2D eigenvalue weighted by Gasteiger charge is -2.30. The van der Waals surface area contributed by atoms with Crippen LogP contribution in [0.25, 0.3) is 0 Å². The molecule has 6 nitrogen and oxygen atoms in total. The zero-order chi connectivity index (χ0) is 17.5. The Bertz CT molecular complexity index is 657. The highest BCUT2D eigenvalue weighted by Crippen LogP contribution is 2.21. The number of halogens is 1. The van der Waals surface area contributed by atoms with Gasteiger partial charge in [0.2, 0.25) is 5.91 Å². The topological polar surface area (TPSA) is 82.4 Å². The fraction of sp³-hybridized carbons (Fsp3) is 0.471. The quantitative estimate of drug-likeness (QED) is 0.825. The molecule has 0 aromatic heterocycles. The van der Waals surface area contributed by atoms with Gasteiger partial charge in [-0.3, -0.25) is 14.5 Å². The molecule has 1 saturated heterocycles. The second-order valence-electron chi connectivity index (χ2n) is 5.68. The third-order valence-corrected chi connectivity index (χ3v) is 4.18. The van der Waals surface area contributed by atoms with Crippen molar-refractivity contribution in [1.29, 1.82) is 5.26 Å². The van der Waals surface area contributed by atoms with Crippen molar-refractivity contribution in [1.82, 2.24) is 4.90 Å². The fourth-order valence-corrected chi connectivity index (χ4v) is 2.96. The number of esters is 1. The van der Waals surface area contributed by atoms with Crippen molar-refractivity contribution in [3.63, 3.8) is 0 Å². The number of carbonyl (C=O) groups is 2. The highest BCUT2D eigenvalue weighted by molar-refractivity contribution is 6.32. The first-order chi connectivity index (χ1) is 11.5. The molecular formula is C17H20ClN3O3. The predicted molar refractivity (Wildman–Crippen MR) is 90.6 cm³/mol. The molecule has 1 aliphatic rings. The smallest absolute Gasteiger partial charge is 0.310 e. The molecule has 1 amide bonds. The van der Waals surface area contributed by atoms with Gasteiger partial charge in [-0.05, 0) is 44.5 Å². The summed E-state index contributed by atoms with van der Waals surface area (Å²) in [6.45, 7) is 3.66. The second-order valence-corrected chi connectivity index (χ2v) is 6.09. The molecule has 128 valence electrons. The number of anilines is 1. The molecule has 1 aliphatic heterocycles. The van der Waals surface area contributed by atoms with Crippen LogP contribution in [-0.4, -0.2) is 43.0 Å². The normalized spacial score (nSPS) is 17.8. The van der Waals surface area contributed by atoms with Crippen LogP contribution >= 0.6 is 11.6 Å². The van der Waals surface area contributed by atoms with Gasteiger partial charge in [-0.2, -0.15) is 5.26 Å². The highest BCUT2D eigenvalue weighted by Gasteiger charge is 2.27. The summed E-state index contributed by atoms with van der Waals surface area (Å²) in [5.41, 5.74) is 0.908. The van der Waals surface area contributed by atoms with Crippen molar-refractivity contribution < 1.29 is 14.3 Å². The molecule has 1 aromatic rings. The van der Waals surface area contributed by atoms with Gasteiger partial charge in [0.25, 0.3) is 0 Å². The lowest BCUT2D eigenvalue weighted by atomic mass is 9.98. The van der Waals surface area contributed by atoms with Gasteiger partial charge in [0.05, 0.1) is 29.7 Å². The minimum Gasteiger partial charge on any atom is -0.466 e. The van der Waals surface area contributed by atoms with Gasteiger partial charge in [-0.25, -0.2) is 0 Å². The summed E-state index contributed by atoms with van der Waals surface area (Å²) in [7, 11) is 0. The van der Waals surface area contributed by atoms with Crippen LogP contribution in [0.5, 0.6) is 0 Å². The number of nitrogens with one attached hydrogen (secondary N) is 1. The van der Waals surface area contributed by atoms with Crippen molar-refractivity contribution in [2.75, 3.05) is 31.6 Å². The van der Waals surface area contributed by atoms with E-state index >= 15 is 0 Å². The largest absolute Gasteiger partial charge is 0.466 e. The molecule has 0 aliphatic carbocycles. The number of ether oxygens (including phenoxy) is 1. The van der Waals surface area contributed by atoms with Gasteiger partial charge >= 0.3 is 5.97 Å². The van der Waals surface area contributed by atoms with E-state index in [4.69, 9.17) is 21.6 Å². The average Bonchev–Trinajstić information content (AvgIpc) is 2.55. The maximum absolute atomic E-state index is 12.2. The van der Waals surface area contributed by atoms with Crippen LogP contribution in [0.15, 0.2) is 18.2 Å². The van der Waals surface area contributed by atoms with Crippen LogP contribution in [0.3, 0.4) is 0 Å². The molecule has 0 radical (unpaired) electrons. The van der Waals surface area contributed by atoms with E-state index in [-0.39, 0.29) is 24.3 Å². The number of benzene rings is 1. The summed E-state index contributed by atoms with van der Waals surface area (Å²) < 4.78 is 5.06. The Morgan fingerprint density at radius 2 is 2.29 bits per heavy atom. The molecule has 1 heterocycles. The van der Waals surface area contributed by atoms with Crippen LogP contribution in [0.1, 0.15) is 25.3 Å². The number of amides is 1. The summed E-state index contributed by atoms with van der Waals surface area (Å²) in [4.78, 5) is 25.9. The Balaban J connectivity index is 1.89. The molecule has 1 atom stereocenters. The zero-order valence-electron chi connectivity index (χ0n) is 13.5. The van der Waals surface area contributed by atoms with Crippen molar-refractivity contribution in [2.45, 2.75) is 19.8 Å². The molecule has 2 rings (SSSR count). The Morgan fingerprint density at radius 3 is 2.96 bits per heavy atom. The van der Waals surface area contributed by atoms with Gasteiger partial charge in [-0.15, -0.1) is 0 Å². The summed E-state index contributed by atoms with van der Waals surface area (Å²) >= 11 is 5.95. The minimum atomic E-state index is -0.193. The molecule has 7 heteroatoms. The molecule has 1 N–H and O–H groups in total. The second kappa shape index (κ2) is 8.67. The van der Waals surface area contributed by atoms with Gasteiger partial charge < -0.3 is 10.1 Å². The number of carbonyl (C=O) groups excluding carboxylic acids is 2. The van der Waals surface area contributed by atoms with Crippen LogP contribution in [0, 0.1) is 17.2 Å². The predicted octanol–water partition coefficient (Wildman–Crippen LogP) is 2.43. The van der Waals surface area contributed by atoms with E-state index in [2.05, 4.69) is 5.32 Å². The summed E-state index contributed by atoms with van der Waals surface area (Å²) in [5, 5.41) is 11.9. The number of hydrogen-bond acceptors (Lipinski definition) is 5. The molecule has 0 bridgehead atoms. The molecule has 0 saturated carbocycles. The molecule has 1 fully saturated rings. The molecule has 24 heavy (non-hydrogen) atoms. The van der Waals surface area contributed by atoms with E-state index in [1.165, 1.54) is 0 Å². The third kappa shape index (κ3) is 4.95. The number of likely N-dealkylation sites (tertiary alicyclic amines) is 1. The standard InChI is InChI=1S/C17H20ClN3O3/c1-2-24-17(23)13-4-3-7-21(10-13)11-16(22)20-14-6-5-12(9-19)15(18)8-14/h5-6,8,13H,2-4,7,10-11H2,1H3,(H,20,22)/t13-/m1/s1. The van der Waals surface area contributed by atoms with Crippen LogP contribution in [0.2, 0.25) is 5.02 Å². The van der Waals surface area contributed by atoms with E-state index in [0.717, 1.165) is 19.4 Å². The third-order valence-electron chi connectivity index (χ3n) is 3.87. The number of nitrogens with zero attached hydrogens (tertiary/aromatic N) is 2. The van der Waals surface area contributed by atoms with Gasteiger partial charge in [0.15, 0.2) is 0 Å². The maximum atomic E-state index is 12.2. The highest BCUT2D eigenvalue weighted by atomic mass is 35.5. The summed E-state index contributed by atoms with van der Waals surface area (Å²) in [6, 6.07) is 6.73. The first-order valence-electron chi connectivity index (χ1n) is 7.92. The summed E-state index contributed by atoms with van der Waals surface area (Å²) in [6.07, 6.45) is 1.65. The number of hydrogen-bond donors (Lipinski definition) is 1. The number of rotatable bonds is 5. The van der Waals surface area contributed by atoms with E-state index < -0.39 is 0 Å². The Morgan fingerprint density at radius 1 is 1.50 bits per heavy atom. The van der Waals surface area contributed by atoms with E-state index in [9.17, 15) is 9.59 Å². The first-order valence-corrected chi connectivity index (χ1v) is 8.29. The zero-order valence-corrected chi connectivity index (χ0v) is 14.3. The van der Waals surface area contributed by atoms with Crippen molar-refractivity contribution in [3.05, 3.63) is 28.8 Å². The van der Waals surface area contributed by atoms with Crippen LogP contribution in [-0.2, 0) is 14.3 Å². The number of piperidine rings is 1. The van der Waals surface area contributed by atoms with Crippen molar-refractivity contribution in [3.8, 4) is 6.07 Å². The first kappa shape index (κ1) is 18.2. The van der Waals surface area contributed by atoms with E-state index in [0.29, 0.717) is 29.4 Å².